The second kappa shape index (κ2) is 13.7. The van der Waals surface area contributed by atoms with Gasteiger partial charge in [0.1, 0.15) is 17.6 Å². The first-order valence-electron chi connectivity index (χ1n) is 18.5. The summed E-state index contributed by atoms with van der Waals surface area (Å²) in [6.07, 6.45) is -0.970. The molecule has 0 aromatic heterocycles. The summed E-state index contributed by atoms with van der Waals surface area (Å²) < 4.78 is 28.0. The molecule has 2 N–H and O–H groups in total. The number of phenols is 1. The van der Waals surface area contributed by atoms with Crippen molar-refractivity contribution < 1.29 is 33.3 Å². The van der Waals surface area contributed by atoms with Crippen LogP contribution in [0, 0.1) is 0 Å². The van der Waals surface area contributed by atoms with Gasteiger partial charge in [-0.1, -0.05) is 163 Å². The molecule has 0 saturated carbocycles. The van der Waals surface area contributed by atoms with Gasteiger partial charge in [0.15, 0.2) is 11.2 Å². The molecule has 7 nitrogen and oxygen atoms in total. The van der Waals surface area contributed by atoms with E-state index in [0.29, 0.717) is 11.3 Å². The Hall–Kier alpha value is -4.36. The molecule has 1 saturated heterocycles. The van der Waals surface area contributed by atoms with E-state index in [-0.39, 0.29) is 23.0 Å². The summed E-state index contributed by atoms with van der Waals surface area (Å²) in [6, 6.07) is 44.3. The molecular formula is C45H50O7Si2. The Balaban J connectivity index is 1.50. The van der Waals surface area contributed by atoms with Crippen molar-refractivity contribution in [3.8, 4) is 11.5 Å². The fourth-order valence-corrected chi connectivity index (χ4v) is 18.2. The molecule has 0 bridgehead atoms. The summed E-state index contributed by atoms with van der Waals surface area (Å²) in [5.41, 5.74) is -2.69. The number of carbonyl (C=O) groups is 1. The van der Waals surface area contributed by atoms with Crippen molar-refractivity contribution in [1.29, 1.82) is 0 Å². The predicted molar refractivity (Wildman–Crippen MR) is 218 cm³/mol. The van der Waals surface area contributed by atoms with Crippen LogP contribution in [-0.2, 0) is 13.6 Å². The summed E-state index contributed by atoms with van der Waals surface area (Å²) >= 11 is 0. The lowest BCUT2D eigenvalue weighted by atomic mass is 9.73. The molecule has 0 amide bonds. The molecule has 5 aromatic carbocycles. The Kier molecular flexibility index (Phi) is 9.65. The number of hydrogen-bond donors (Lipinski definition) is 2. The second-order valence-corrected chi connectivity index (χ2v) is 25.1. The number of ketones is 1. The highest BCUT2D eigenvalue weighted by Crippen LogP contribution is 2.65. The first-order chi connectivity index (χ1) is 25.7. The van der Waals surface area contributed by atoms with Crippen LogP contribution in [0.2, 0.25) is 10.1 Å². The van der Waals surface area contributed by atoms with Crippen LogP contribution in [-0.4, -0.2) is 64.2 Å². The summed E-state index contributed by atoms with van der Waals surface area (Å²) in [7, 11) is -5.02. The lowest BCUT2D eigenvalue weighted by molar-refractivity contribution is 0.0472. The molecule has 1 aliphatic carbocycles. The van der Waals surface area contributed by atoms with Crippen LogP contribution in [0.5, 0.6) is 11.5 Å². The number of aliphatic hydroxyl groups excluding tert-OH is 1. The van der Waals surface area contributed by atoms with E-state index in [1.165, 1.54) is 13.2 Å². The standard InChI is InChI=1S/C45H50O7Si2/c1-42(2,3)53(33-20-12-8-13-21-33,34-22-14-9-15-23-34)50-31-45-41(37-28-32(49-7)29-38(47)39(37)40(48)44(45,30-46)52-45)51-54(43(4,5)6,35-24-16-10-17-25-35)36-26-18-11-19-27-36/h8-29,41,46-47H,30-31H2,1-7H3/t41-,44+,45-/m1/s1. The quantitative estimate of drug-likeness (QED) is 0.121. The number of aliphatic hydroxyl groups is 1. The normalized spacial score (nSPS) is 21.3. The molecule has 0 unspecified atom stereocenters. The molecule has 0 spiro atoms. The number of phenolic OH excluding ortho intramolecular Hbond substituents is 1. The molecule has 280 valence electrons. The Morgan fingerprint density at radius 2 is 1.11 bits per heavy atom. The van der Waals surface area contributed by atoms with Crippen LogP contribution >= 0.6 is 0 Å². The zero-order valence-corrected chi connectivity index (χ0v) is 34.1. The van der Waals surface area contributed by atoms with E-state index < -0.39 is 51.4 Å². The van der Waals surface area contributed by atoms with E-state index in [4.69, 9.17) is 18.3 Å². The first kappa shape index (κ1) is 37.9. The van der Waals surface area contributed by atoms with Gasteiger partial charge in [0, 0.05) is 11.6 Å². The molecular weight excluding hydrogens is 709 g/mol. The number of Topliss-reactive ketones (excluding diaryl/α,β-unsaturated/α-hetero) is 1. The van der Waals surface area contributed by atoms with Crippen molar-refractivity contribution in [2.24, 2.45) is 0 Å². The average Bonchev–Trinajstić information content (AvgIpc) is 3.86. The number of methoxy groups -OCH3 is 1. The number of fused-ring (bicyclic) bond motifs is 2. The van der Waals surface area contributed by atoms with E-state index >= 15 is 0 Å². The van der Waals surface area contributed by atoms with Gasteiger partial charge in [0.2, 0.25) is 5.78 Å². The predicted octanol–water partition coefficient (Wildman–Crippen LogP) is 6.29. The van der Waals surface area contributed by atoms with Crippen molar-refractivity contribution >= 4 is 43.2 Å². The van der Waals surface area contributed by atoms with Crippen molar-refractivity contribution in [1.82, 2.24) is 0 Å². The average molecular weight is 759 g/mol. The summed E-state index contributed by atoms with van der Waals surface area (Å²) in [5.74, 6) is -0.390. The highest BCUT2D eigenvalue weighted by Gasteiger charge is 2.82. The maximum absolute atomic E-state index is 14.8. The zero-order valence-electron chi connectivity index (χ0n) is 32.1. The molecule has 2 aliphatic rings. The number of benzene rings is 5. The third-order valence-electron chi connectivity index (χ3n) is 11.5. The minimum Gasteiger partial charge on any atom is -0.507 e. The smallest absolute Gasteiger partial charge is 0.262 e. The van der Waals surface area contributed by atoms with E-state index in [1.807, 2.05) is 72.8 Å². The minimum absolute atomic E-state index is 0.0614. The van der Waals surface area contributed by atoms with Gasteiger partial charge in [-0.3, -0.25) is 4.79 Å². The molecule has 54 heavy (non-hydrogen) atoms. The number of hydrogen-bond acceptors (Lipinski definition) is 7. The van der Waals surface area contributed by atoms with E-state index in [1.54, 1.807) is 6.07 Å². The van der Waals surface area contributed by atoms with Crippen LogP contribution < -0.4 is 25.5 Å². The third kappa shape index (κ3) is 5.63. The fraction of sp³-hybridized carbons (Fsp3) is 0.311. The highest BCUT2D eigenvalue weighted by atomic mass is 28.4. The molecule has 7 rings (SSSR count). The topological polar surface area (TPSA) is 97.8 Å². The highest BCUT2D eigenvalue weighted by molar-refractivity contribution is 7.00. The van der Waals surface area contributed by atoms with Gasteiger partial charge >= 0.3 is 0 Å². The number of epoxide rings is 1. The maximum atomic E-state index is 14.8. The SMILES string of the molecule is COc1cc(O)c2c(c1)[C@@H](O[Si](c1ccccc1)(c1ccccc1)C(C)(C)C)[C@@]1(CO[Si](c3ccccc3)(c3ccccc3)C(C)(C)C)O[C@@]1(CO)C2=O. The summed E-state index contributed by atoms with van der Waals surface area (Å²) in [4.78, 5) is 14.8. The van der Waals surface area contributed by atoms with Gasteiger partial charge in [-0.25, -0.2) is 0 Å². The van der Waals surface area contributed by atoms with Crippen LogP contribution in [0.3, 0.4) is 0 Å². The lowest BCUT2D eigenvalue weighted by Gasteiger charge is -2.48. The van der Waals surface area contributed by atoms with Crippen molar-refractivity contribution in [2.45, 2.75) is 68.9 Å². The molecule has 1 aliphatic heterocycles. The maximum Gasteiger partial charge on any atom is 0.262 e. The largest absolute Gasteiger partial charge is 0.507 e. The van der Waals surface area contributed by atoms with Crippen LogP contribution in [0.25, 0.3) is 0 Å². The fourth-order valence-electron chi connectivity index (χ4n) is 8.90. The minimum atomic E-state index is -3.36. The molecule has 0 radical (unpaired) electrons. The third-order valence-corrected chi connectivity index (χ3v) is 21.5. The van der Waals surface area contributed by atoms with Gasteiger partial charge in [-0.2, -0.15) is 0 Å². The van der Waals surface area contributed by atoms with E-state index in [2.05, 4.69) is 90.1 Å². The summed E-state index contributed by atoms with van der Waals surface area (Å²) in [6.45, 7) is 12.5. The first-order valence-corrected chi connectivity index (χ1v) is 22.3. The Morgan fingerprint density at radius 3 is 1.50 bits per heavy atom. The number of carbonyl (C=O) groups excluding carboxylic acids is 1. The molecule has 1 heterocycles. The number of ether oxygens (including phenoxy) is 2. The molecule has 1 fully saturated rings. The van der Waals surface area contributed by atoms with E-state index in [0.717, 1.165) is 20.7 Å². The van der Waals surface area contributed by atoms with Crippen molar-refractivity contribution in [3.05, 3.63) is 145 Å². The zero-order chi connectivity index (χ0) is 38.6. The van der Waals surface area contributed by atoms with Crippen molar-refractivity contribution in [2.75, 3.05) is 20.3 Å². The number of aromatic hydroxyl groups is 1. The van der Waals surface area contributed by atoms with Gasteiger partial charge in [-0.05, 0) is 36.9 Å². The monoisotopic (exact) mass is 758 g/mol. The van der Waals surface area contributed by atoms with Crippen molar-refractivity contribution in [3.63, 3.8) is 0 Å². The lowest BCUT2D eigenvalue weighted by Crippen LogP contribution is -2.69. The van der Waals surface area contributed by atoms with Gasteiger partial charge in [-0.15, -0.1) is 0 Å². The van der Waals surface area contributed by atoms with Crippen LogP contribution in [0.4, 0.5) is 0 Å². The molecule has 9 heteroatoms. The van der Waals surface area contributed by atoms with Gasteiger partial charge < -0.3 is 28.5 Å². The molecule has 3 atom stereocenters. The van der Waals surface area contributed by atoms with Gasteiger partial charge in [0.05, 0.1) is 25.9 Å². The second-order valence-electron chi connectivity index (χ2n) is 16.5. The summed E-state index contributed by atoms with van der Waals surface area (Å²) in [5, 5.41) is 26.3. The van der Waals surface area contributed by atoms with Crippen LogP contribution in [0.15, 0.2) is 133 Å². The van der Waals surface area contributed by atoms with E-state index in [9.17, 15) is 15.0 Å². The van der Waals surface area contributed by atoms with Crippen LogP contribution in [0.1, 0.15) is 63.6 Å². The van der Waals surface area contributed by atoms with Gasteiger partial charge in [0.25, 0.3) is 16.6 Å². The Bertz CT molecular complexity index is 2040. The Morgan fingerprint density at radius 1 is 0.685 bits per heavy atom. The Labute approximate surface area is 320 Å². The number of rotatable bonds is 11. The molecule has 5 aromatic rings.